The molecule has 1 aromatic carbocycles. The van der Waals surface area contributed by atoms with Gasteiger partial charge in [-0.25, -0.2) is 0 Å². The molecule has 18 heavy (non-hydrogen) atoms. The van der Waals surface area contributed by atoms with Crippen LogP contribution in [0.1, 0.15) is 25.3 Å². The maximum absolute atomic E-state index is 8.96. The van der Waals surface area contributed by atoms with Crippen LogP contribution in [0.2, 0.25) is 0 Å². The lowest BCUT2D eigenvalue weighted by molar-refractivity contribution is 0.183. The molecule has 3 nitrogen and oxygen atoms in total. The van der Waals surface area contributed by atoms with Crippen LogP contribution in [0.5, 0.6) is 5.75 Å². The van der Waals surface area contributed by atoms with Crippen molar-refractivity contribution in [3.05, 3.63) is 29.8 Å². The summed E-state index contributed by atoms with van der Waals surface area (Å²) in [6.45, 7) is 7.99. The average Bonchev–Trinajstić information content (AvgIpc) is 2.35. The van der Waals surface area contributed by atoms with E-state index in [1.54, 1.807) is 0 Å². The Morgan fingerprint density at radius 3 is 2.72 bits per heavy atom. The van der Waals surface area contributed by atoms with Crippen molar-refractivity contribution in [1.29, 1.82) is 0 Å². The number of aryl methyl sites for hydroxylation is 1. The lowest BCUT2D eigenvalue weighted by Gasteiger charge is -2.20. The van der Waals surface area contributed by atoms with Gasteiger partial charge in [0.15, 0.2) is 0 Å². The lowest BCUT2D eigenvalue weighted by Crippen LogP contribution is -2.29. The fraction of sp³-hybridized carbons (Fsp3) is 0.600. The van der Waals surface area contributed by atoms with E-state index in [-0.39, 0.29) is 6.61 Å². The largest absolute Gasteiger partial charge is 0.494 e. The van der Waals surface area contributed by atoms with E-state index in [1.807, 2.05) is 12.1 Å². The zero-order valence-corrected chi connectivity index (χ0v) is 11.6. The van der Waals surface area contributed by atoms with Crippen LogP contribution in [-0.4, -0.2) is 42.9 Å². The molecule has 1 N–H and O–H groups in total. The molecule has 3 heteroatoms. The predicted molar refractivity (Wildman–Crippen MR) is 75.1 cm³/mol. The number of aliphatic hydroxyl groups excluding tert-OH is 1. The molecule has 0 heterocycles. The molecule has 0 saturated heterocycles. The second-order valence-electron chi connectivity index (χ2n) is 4.58. The van der Waals surface area contributed by atoms with Crippen molar-refractivity contribution in [3.63, 3.8) is 0 Å². The summed E-state index contributed by atoms with van der Waals surface area (Å²) in [5.41, 5.74) is 1.22. The summed E-state index contributed by atoms with van der Waals surface area (Å²) in [6.07, 6.45) is 2.12. The molecule has 1 rings (SSSR count). The zero-order chi connectivity index (χ0) is 13.2. The molecular weight excluding hydrogens is 226 g/mol. The molecular formula is C15H25NO2. The van der Waals surface area contributed by atoms with Crippen LogP contribution in [0, 0.1) is 6.92 Å². The summed E-state index contributed by atoms with van der Waals surface area (Å²) in [5.74, 6) is 0.944. The van der Waals surface area contributed by atoms with E-state index in [0.29, 0.717) is 0 Å². The van der Waals surface area contributed by atoms with Crippen molar-refractivity contribution < 1.29 is 9.84 Å². The van der Waals surface area contributed by atoms with Crippen LogP contribution < -0.4 is 4.74 Å². The second-order valence-corrected chi connectivity index (χ2v) is 4.58. The Morgan fingerprint density at radius 1 is 1.22 bits per heavy atom. The van der Waals surface area contributed by atoms with Gasteiger partial charge in [-0.05, 0) is 44.0 Å². The highest BCUT2D eigenvalue weighted by molar-refractivity contribution is 5.27. The summed E-state index contributed by atoms with van der Waals surface area (Å²) in [7, 11) is 0. The van der Waals surface area contributed by atoms with E-state index in [1.165, 1.54) is 5.56 Å². The number of rotatable bonds is 9. The van der Waals surface area contributed by atoms with Gasteiger partial charge < -0.3 is 14.7 Å². The van der Waals surface area contributed by atoms with Gasteiger partial charge >= 0.3 is 0 Å². The van der Waals surface area contributed by atoms with Crippen LogP contribution in [0.3, 0.4) is 0 Å². The average molecular weight is 251 g/mol. The van der Waals surface area contributed by atoms with Crippen molar-refractivity contribution in [2.45, 2.75) is 26.7 Å². The fourth-order valence-electron chi connectivity index (χ4n) is 1.98. The van der Waals surface area contributed by atoms with Crippen molar-refractivity contribution in [2.75, 3.05) is 32.8 Å². The normalized spacial score (nSPS) is 10.9. The molecule has 0 radical (unpaired) electrons. The Labute approximate surface area is 110 Å². The topological polar surface area (TPSA) is 32.7 Å². The molecule has 0 atom stereocenters. The Balaban J connectivity index is 2.20. The van der Waals surface area contributed by atoms with Crippen LogP contribution >= 0.6 is 0 Å². The van der Waals surface area contributed by atoms with E-state index in [4.69, 9.17) is 9.84 Å². The molecule has 0 fully saturated rings. The van der Waals surface area contributed by atoms with Crippen LogP contribution in [0.4, 0.5) is 0 Å². The molecule has 0 amide bonds. The third-order valence-corrected chi connectivity index (χ3v) is 2.83. The summed E-state index contributed by atoms with van der Waals surface area (Å²) in [5, 5.41) is 8.96. The van der Waals surface area contributed by atoms with E-state index < -0.39 is 0 Å². The standard InChI is InChI=1S/C15H25NO2/c1-3-8-16(10-11-17)9-5-12-18-15-7-4-6-14(2)13-15/h4,6-7,13,17H,3,5,8-12H2,1-2H3. The zero-order valence-electron chi connectivity index (χ0n) is 11.6. The first-order valence-corrected chi connectivity index (χ1v) is 6.79. The van der Waals surface area contributed by atoms with Gasteiger partial charge in [0, 0.05) is 13.1 Å². The van der Waals surface area contributed by atoms with Crippen molar-refractivity contribution in [3.8, 4) is 5.75 Å². The van der Waals surface area contributed by atoms with E-state index in [9.17, 15) is 0 Å². The lowest BCUT2D eigenvalue weighted by atomic mass is 10.2. The molecule has 102 valence electrons. The highest BCUT2D eigenvalue weighted by Gasteiger charge is 2.02. The molecule has 0 aliphatic heterocycles. The smallest absolute Gasteiger partial charge is 0.119 e. The number of nitrogens with zero attached hydrogens (tertiary/aromatic N) is 1. The minimum Gasteiger partial charge on any atom is -0.494 e. The van der Waals surface area contributed by atoms with Crippen molar-refractivity contribution in [2.24, 2.45) is 0 Å². The third-order valence-electron chi connectivity index (χ3n) is 2.83. The summed E-state index contributed by atoms with van der Waals surface area (Å²) in [4.78, 5) is 2.28. The number of benzene rings is 1. The summed E-state index contributed by atoms with van der Waals surface area (Å²) in [6, 6.07) is 8.12. The summed E-state index contributed by atoms with van der Waals surface area (Å²) >= 11 is 0. The highest BCUT2D eigenvalue weighted by Crippen LogP contribution is 2.12. The molecule has 0 spiro atoms. The quantitative estimate of drug-likeness (QED) is 0.684. The first-order valence-electron chi connectivity index (χ1n) is 6.79. The minimum absolute atomic E-state index is 0.235. The first kappa shape index (κ1) is 15.0. The van der Waals surface area contributed by atoms with Gasteiger partial charge in [0.05, 0.1) is 13.2 Å². The van der Waals surface area contributed by atoms with Crippen molar-refractivity contribution >= 4 is 0 Å². The third kappa shape index (κ3) is 6.03. The van der Waals surface area contributed by atoms with E-state index in [2.05, 4.69) is 30.9 Å². The van der Waals surface area contributed by atoms with E-state index in [0.717, 1.165) is 44.8 Å². The number of ether oxygens (including phenoxy) is 1. The maximum Gasteiger partial charge on any atom is 0.119 e. The molecule has 0 saturated carbocycles. The molecule has 0 aliphatic carbocycles. The Kier molecular flexibility index (Phi) is 7.46. The highest BCUT2D eigenvalue weighted by atomic mass is 16.5. The first-order chi connectivity index (χ1) is 8.76. The van der Waals surface area contributed by atoms with Gasteiger partial charge in [-0.15, -0.1) is 0 Å². The Bertz CT molecular complexity index is 322. The van der Waals surface area contributed by atoms with Gasteiger partial charge in [-0.1, -0.05) is 19.1 Å². The minimum atomic E-state index is 0.235. The number of hydrogen-bond donors (Lipinski definition) is 1. The monoisotopic (exact) mass is 251 g/mol. The number of hydrogen-bond acceptors (Lipinski definition) is 3. The van der Waals surface area contributed by atoms with Gasteiger partial charge in [0.2, 0.25) is 0 Å². The van der Waals surface area contributed by atoms with Gasteiger partial charge in [0.1, 0.15) is 5.75 Å². The van der Waals surface area contributed by atoms with Crippen LogP contribution in [0.15, 0.2) is 24.3 Å². The Hall–Kier alpha value is -1.06. The predicted octanol–water partition coefficient (Wildman–Crippen LogP) is 2.47. The van der Waals surface area contributed by atoms with Gasteiger partial charge in [0.25, 0.3) is 0 Å². The molecule has 0 aromatic heterocycles. The fourth-order valence-corrected chi connectivity index (χ4v) is 1.98. The van der Waals surface area contributed by atoms with Crippen LogP contribution in [0.25, 0.3) is 0 Å². The molecule has 0 aliphatic rings. The molecule has 0 unspecified atom stereocenters. The SMILES string of the molecule is CCCN(CCO)CCCOc1cccc(C)c1. The van der Waals surface area contributed by atoms with Crippen LogP contribution in [-0.2, 0) is 0 Å². The van der Waals surface area contributed by atoms with E-state index >= 15 is 0 Å². The number of aliphatic hydroxyl groups is 1. The van der Waals surface area contributed by atoms with Gasteiger partial charge in [-0.2, -0.15) is 0 Å². The second kappa shape index (κ2) is 8.95. The maximum atomic E-state index is 8.96. The molecule has 1 aromatic rings. The summed E-state index contributed by atoms with van der Waals surface area (Å²) < 4.78 is 5.70. The Morgan fingerprint density at radius 2 is 2.06 bits per heavy atom. The van der Waals surface area contributed by atoms with Crippen molar-refractivity contribution in [1.82, 2.24) is 4.90 Å². The van der Waals surface area contributed by atoms with Gasteiger partial charge in [-0.3, -0.25) is 0 Å². The molecule has 0 bridgehead atoms.